The minimum Gasteiger partial charge on any atom is -0.465 e. The second-order valence-corrected chi connectivity index (χ2v) is 47.7. The van der Waals surface area contributed by atoms with Gasteiger partial charge in [0.05, 0.1) is 56.8 Å². The third kappa shape index (κ3) is 50.2. The molecule has 15 aliphatic rings. The first kappa shape index (κ1) is 119. The van der Waals surface area contributed by atoms with Crippen LogP contribution in [0.4, 0.5) is 14.4 Å². The molecule has 820 valence electrons. The van der Waals surface area contributed by atoms with E-state index in [1.807, 2.05) is 0 Å². The number of nitrogens with zero attached hydrogens (tertiary/aromatic N) is 3. The molecule has 3 saturated heterocycles. The van der Waals surface area contributed by atoms with Gasteiger partial charge in [-0.3, -0.25) is 28.8 Å². The van der Waals surface area contributed by atoms with Gasteiger partial charge < -0.3 is 71.5 Å². The van der Waals surface area contributed by atoms with Gasteiger partial charge in [-0.1, -0.05) is 219 Å². The van der Waals surface area contributed by atoms with Crippen molar-refractivity contribution in [3.8, 4) is 0 Å². The maximum Gasteiger partial charge on any atom is 0.508 e. The molecule has 24 nitrogen and oxygen atoms in total. The van der Waals surface area contributed by atoms with Crippen molar-refractivity contribution in [1.82, 2.24) is 14.7 Å². The van der Waals surface area contributed by atoms with Crippen LogP contribution in [0, 0.1) is 87.3 Å². The molecule has 3 aliphatic heterocycles. The number of hydrogen-bond acceptors (Lipinski definition) is 24. The second-order valence-electron chi connectivity index (χ2n) is 47.7. The van der Waals surface area contributed by atoms with Crippen molar-refractivity contribution in [3.63, 3.8) is 0 Å². The van der Waals surface area contributed by atoms with Crippen LogP contribution in [0.3, 0.4) is 0 Å². The number of likely N-dealkylation sites (tertiary alicyclic amines) is 3. The first-order valence-corrected chi connectivity index (χ1v) is 59.9. The van der Waals surface area contributed by atoms with Gasteiger partial charge in [-0.2, -0.15) is 0 Å². The lowest BCUT2D eigenvalue weighted by molar-refractivity contribution is -0.157. The molecule has 3 atom stereocenters. The summed E-state index contributed by atoms with van der Waals surface area (Å²) in [4.78, 5) is 121. The molecule has 0 amide bonds. The molecule has 12 aliphatic carbocycles. The van der Waals surface area contributed by atoms with Crippen molar-refractivity contribution >= 4 is 54.3 Å². The first-order valence-electron chi connectivity index (χ1n) is 59.9. The fraction of sp³-hybridized carbons (Fsp3) is 0.908. The van der Waals surface area contributed by atoms with Gasteiger partial charge in [0, 0.05) is 38.9 Å². The van der Waals surface area contributed by atoms with E-state index in [0.717, 1.165) is 253 Å². The molecular weight excluding hydrogens is 1810 g/mol. The van der Waals surface area contributed by atoms with E-state index >= 15 is 0 Å². The quantitative estimate of drug-likeness (QED) is 0.0237. The predicted molar refractivity (Wildman–Crippen MR) is 561 cm³/mol. The van der Waals surface area contributed by atoms with Crippen LogP contribution in [-0.2, 0) is 85.6 Å². The van der Waals surface area contributed by atoms with Gasteiger partial charge in [0.25, 0.3) is 0 Å². The maximum atomic E-state index is 13.1. The number of carbonyl (C=O) groups is 9. The van der Waals surface area contributed by atoms with Crippen molar-refractivity contribution in [2.75, 3.05) is 138 Å². The lowest BCUT2D eigenvalue weighted by Crippen LogP contribution is -2.47. The highest BCUT2D eigenvalue weighted by Crippen LogP contribution is 2.64. The topological polar surface area (TPSA) is 274 Å². The Morgan fingerprint density at radius 3 is 0.636 bits per heavy atom. The van der Waals surface area contributed by atoms with E-state index in [0.29, 0.717) is 58.3 Å². The Hall–Kier alpha value is -5.75. The molecule has 3 unspecified atom stereocenters. The number of carbonyl (C=O) groups excluding carboxylic acids is 9. The first-order chi connectivity index (χ1) is 69.8. The Kier molecular flexibility index (Phi) is 58.6. The predicted octanol–water partition coefficient (Wildman–Crippen LogP) is 27.6. The smallest absolute Gasteiger partial charge is 0.465 e. The highest BCUT2D eigenvalue weighted by atomic mass is 16.7. The number of unbranched alkanes of at least 4 members (excludes halogenated alkanes) is 32. The fourth-order valence-corrected chi connectivity index (χ4v) is 27.9. The van der Waals surface area contributed by atoms with Crippen LogP contribution in [0.15, 0.2) is 12.2 Å². The van der Waals surface area contributed by atoms with Crippen LogP contribution in [0.5, 0.6) is 0 Å². The van der Waals surface area contributed by atoms with E-state index in [1.54, 1.807) is 0 Å². The van der Waals surface area contributed by atoms with E-state index in [-0.39, 0.29) is 112 Å². The lowest BCUT2D eigenvalue weighted by Gasteiger charge is -2.56. The number of esters is 6. The largest absolute Gasteiger partial charge is 0.508 e. The Morgan fingerprint density at radius 2 is 0.420 bits per heavy atom. The standard InChI is InChI=1S/C42H71NO7.C39H67NO7.C38H65NO7/c1-2-3-4-5-6-7-8-9-10-11-12-13-14-15-16-20-39(44)48-32-38(34-50-41(46)47-24-19-23-43-21-17-18-22-43)33-49-40(45)31-42-28-35-25-36(29-42)27-37(26-35)30-42;1-2-3-4-5-6-7-8-9-10-11-12-13-17-36(41)45-29-35(31-47-38(43)44-21-16-20-40-18-14-15-19-40)30-46-37(42)28-39-25-32-22-33(26-39)24-34(23-32)27-39;1-2-3-4-5-6-7-8-9-10-11-12-16-35(40)44-28-34(30-46-37(42)43-20-15-19-39-17-13-14-18-39)29-45-36(41)27-38-24-31-21-32(25-38)23-33(22-31)26-38/h9-10,35-38H,2-8,11-34H2,1H3;32-35H,2-31H2,1H3;31-34H,2-30H2,1H3/b10-9+;;. The van der Waals surface area contributed by atoms with Gasteiger partial charge >= 0.3 is 54.3 Å². The van der Waals surface area contributed by atoms with E-state index in [9.17, 15) is 43.2 Å². The molecule has 0 N–H and O–H groups in total. The monoisotopic (exact) mass is 2010 g/mol. The zero-order valence-corrected chi connectivity index (χ0v) is 90.6. The van der Waals surface area contributed by atoms with E-state index in [4.69, 9.17) is 56.8 Å². The van der Waals surface area contributed by atoms with Crippen molar-refractivity contribution in [3.05, 3.63) is 12.2 Å². The molecule has 0 aromatic heterocycles. The molecule has 0 aromatic carbocycles. The Balaban J connectivity index is 0.000000221. The van der Waals surface area contributed by atoms with Gasteiger partial charge in [-0.25, -0.2) is 14.4 Å². The summed E-state index contributed by atoms with van der Waals surface area (Å²) >= 11 is 0. The minimum absolute atomic E-state index is 0.0124. The van der Waals surface area contributed by atoms with Gasteiger partial charge in [0.1, 0.15) is 59.5 Å². The average Bonchev–Trinajstić information content (AvgIpc) is 1.47. The number of hydrogen-bond donors (Lipinski definition) is 0. The number of rotatable bonds is 76. The summed E-state index contributed by atoms with van der Waals surface area (Å²) in [5.74, 6) is 4.46. The molecule has 12 saturated carbocycles. The summed E-state index contributed by atoms with van der Waals surface area (Å²) in [6.07, 6.45) is 81.4. The summed E-state index contributed by atoms with van der Waals surface area (Å²) in [6, 6.07) is 0. The summed E-state index contributed by atoms with van der Waals surface area (Å²) in [5, 5.41) is 0. The molecule has 0 radical (unpaired) electrons. The number of ether oxygens (including phenoxy) is 12. The van der Waals surface area contributed by atoms with Gasteiger partial charge in [-0.05, 0) is 327 Å². The summed E-state index contributed by atoms with van der Waals surface area (Å²) < 4.78 is 66.1. The molecule has 12 bridgehead atoms. The number of allylic oxidation sites excluding steroid dienone is 2. The molecule has 15 fully saturated rings. The van der Waals surface area contributed by atoms with E-state index in [2.05, 4.69) is 47.6 Å². The maximum absolute atomic E-state index is 13.1. The van der Waals surface area contributed by atoms with E-state index in [1.165, 1.54) is 263 Å². The molecular formula is C119H203N3O21. The zero-order chi connectivity index (χ0) is 101. The Morgan fingerprint density at radius 1 is 0.231 bits per heavy atom. The summed E-state index contributed by atoms with van der Waals surface area (Å²) in [7, 11) is 0. The summed E-state index contributed by atoms with van der Waals surface area (Å²) in [6.45, 7) is 17.5. The lowest BCUT2D eigenvalue weighted by atomic mass is 9.49. The van der Waals surface area contributed by atoms with Crippen LogP contribution in [0.25, 0.3) is 0 Å². The highest BCUT2D eigenvalue weighted by Gasteiger charge is 2.55. The zero-order valence-electron chi connectivity index (χ0n) is 90.6. The van der Waals surface area contributed by atoms with Crippen molar-refractivity contribution in [1.29, 1.82) is 0 Å². The van der Waals surface area contributed by atoms with Gasteiger partial charge in [0.2, 0.25) is 0 Å². The third-order valence-electron chi connectivity index (χ3n) is 34.2. The SMILES string of the molecule is CCCCCCCC/C=C/CCCCCCCC(=O)OCC(COC(=O)CC12CC3CC(CC(C3)C1)C2)COC(=O)OCCCN1CCCC1.CCCCCCCCCCCCCC(=O)OCC(COC(=O)CC12CC3CC(CC(C3)C1)C2)COC(=O)OCCCN1CCCC1.CCCCCCCCCCCCCCC(=O)OCC(COC(=O)CC12CC3CC(CC(C3)C1)C2)COC(=O)OCCCN1CCCC1. The molecule has 24 heteroatoms. The van der Waals surface area contributed by atoms with Crippen LogP contribution in [-0.4, -0.2) is 207 Å². The van der Waals surface area contributed by atoms with Crippen LogP contribution >= 0.6 is 0 Å². The second kappa shape index (κ2) is 70.3. The Labute approximate surface area is 865 Å². The molecule has 15 rings (SSSR count). The van der Waals surface area contributed by atoms with Gasteiger partial charge in [0.15, 0.2) is 0 Å². The average molecular weight is 2010 g/mol. The fourth-order valence-electron chi connectivity index (χ4n) is 27.9. The Bertz CT molecular complexity index is 3430. The molecule has 143 heavy (non-hydrogen) atoms. The summed E-state index contributed by atoms with van der Waals surface area (Å²) in [5.41, 5.74) is 0.322. The van der Waals surface area contributed by atoms with E-state index < -0.39 is 36.2 Å². The molecule has 0 spiro atoms. The van der Waals surface area contributed by atoms with Crippen molar-refractivity contribution in [2.45, 2.75) is 464 Å². The van der Waals surface area contributed by atoms with Gasteiger partial charge in [-0.15, -0.1) is 0 Å². The minimum atomic E-state index is -0.726. The third-order valence-corrected chi connectivity index (χ3v) is 34.2. The highest BCUT2D eigenvalue weighted by molar-refractivity contribution is 5.72. The molecule has 0 aromatic rings. The van der Waals surface area contributed by atoms with Crippen LogP contribution in [0.1, 0.15) is 464 Å². The normalized spacial score (nSPS) is 25.4. The molecule has 3 heterocycles. The van der Waals surface area contributed by atoms with Crippen LogP contribution < -0.4 is 0 Å². The van der Waals surface area contributed by atoms with Crippen molar-refractivity contribution < 1.29 is 100.0 Å². The van der Waals surface area contributed by atoms with Crippen LogP contribution in [0.2, 0.25) is 0 Å². The van der Waals surface area contributed by atoms with Crippen molar-refractivity contribution in [2.24, 2.45) is 87.3 Å².